The Hall–Kier alpha value is -0.580. The molecular formula is C15H27N2O3PS. The molecule has 1 aromatic heterocycles. The summed E-state index contributed by atoms with van der Waals surface area (Å²) in [7, 11) is 0. The molecule has 0 radical (unpaired) electrons. The molecule has 22 heavy (non-hydrogen) atoms. The summed E-state index contributed by atoms with van der Waals surface area (Å²) in [4.78, 5) is 8.84. The minimum absolute atomic E-state index is 0.183. The van der Waals surface area contributed by atoms with E-state index in [2.05, 4.69) is 9.97 Å². The Morgan fingerprint density at radius 3 is 2.45 bits per heavy atom. The van der Waals surface area contributed by atoms with E-state index in [4.69, 9.17) is 9.05 Å². The topological polar surface area (TPSA) is 61.3 Å². The summed E-state index contributed by atoms with van der Waals surface area (Å²) in [6.07, 6.45) is 0.890. The van der Waals surface area contributed by atoms with E-state index in [1.165, 1.54) is 11.4 Å². The van der Waals surface area contributed by atoms with Gasteiger partial charge in [0.25, 0.3) is 0 Å². The molecule has 0 aliphatic rings. The van der Waals surface area contributed by atoms with Crippen LogP contribution in [0.4, 0.5) is 0 Å². The minimum atomic E-state index is -3.28. The van der Waals surface area contributed by atoms with Crippen LogP contribution in [-0.2, 0) is 14.5 Å². The molecule has 2 atom stereocenters. The maximum absolute atomic E-state index is 12.9. The Morgan fingerprint density at radius 1 is 1.32 bits per heavy atom. The molecule has 0 aliphatic heterocycles. The van der Waals surface area contributed by atoms with Gasteiger partial charge in [-0.25, -0.2) is 9.55 Å². The van der Waals surface area contributed by atoms with Crippen LogP contribution in [0.3, 0.4) is 0 Å². The second-order valence-corrected chi connectivity index (χ2v) is 10.5. The molecule has 0 N–H and O–H groups in total. The fourth-order valence-corrected chi connectivity index (χ4v) is 5.58. The van der Waals surface area contributed by atoms with Crippen molar-refractivity contribution in [2.75, 3.05) is 6.61 Å². The number of hydrogen-bond acceptors (Lipinski definition) is 6. The largest absolute Gasteiger partial charge is 0.441 e. The molecule has 0 saturated carbocycles. The molecule has 7 heteroatoms. The van der Waals surface area contributed by atoms with Crippen molar-refractivity contribution >= 4 is 18.2 Å². The molecular weight excluding hydrogens is 319 g/mol. The molecule has 1 heterocycles. The normalized spacial score (nSPS) is 16.1. The molecule has 2 unspecified atom stereocenters. The summed E-state index contributed by atoms with van der Waals surface area (Å²) in [5.41, 5.74) is 0.579. The van der Waals surface area contributed by atoms with Crippen LogP contribution in [0.5, 0.6) is 5.88 Å². The maximum atomic E-state index is 12.9. The Kier molecular flexibility index (Phi) is 6.90. The number of rotatable bonds is 7. The average Bonchev–Trinajstić information content (AvgIpc) is 2.36. The lowest BCUT2D eigenvalue weighted by Crippen LogP contribution is -2.17. The highest BCUT2D eigenvalue weighted by atomic mass is 32.7. The first-order chi connectivity index (χ1) is 10.1. The number of aromatic nitrogens is 2. The molecule has 1 rings (SSSR count). The highest BCUT2D eigenvalue weighted by Crippen LogP contribution is 2.61. The minimum Gasteiger partial charge on any atom is -0.398 e. The summed E-state index contributed by atoms with van der Waals surface area (Å²) >= 11 is 1.24. The van der Waals surface area contributed by atoms with Crippen molar-refractivity contribution in [1.82, 2.24) is 9.97 Å². The van der Waals surface area contributed by atoms with Crippen molar-refractivity contribution in [2.24, 2.45) is 0 Å². The zero-order valence-electron chi connectivity index (χ0n) is 14.5. The van der Waals surface area contributed by atoms with Gasteiger partial charge in [-0.1, -0.05) is 34.6 Å². The SMILES string of the molecule is CCOP(=O)(Oc1cc(C)nc(C(C)(C)C)n1)SC(C)CC. The van der Waals surface area contributed by atoms with Crippen LogP contribution in [0, 0.1) is 6.92 Å². The van der Waals surface area contributed by atoms with Gasteiger partial charge in [0.15, 0.2) is 0 Å². The lowest BCUT2D eigenvalue weighted by molar-refractivity contribution is 0.292. The first kappa shape index (κ1) is 19.5. The molecule has 0 fully saturated rings. The standard InChI is InChI=1S/C15H27N2O3PS/c1-8-12(4)22-21(18,19-9-2)20-13-10-11(3)16-14(17-13)15(5,6)7/h10,12H,8-9H2,1-7H3. The summed E-state index contributed by atoms with van der Waals surface area (Å²) in [5, 5.41) is 0.183. The molecule has 126 valence electrons. The Bertz CT molecular complexity index is 546. The zero-order valence-corrected chi connectivity index (χ0v) is 16.3. The van der Waals surface area contributed by atoms with Crippen LogP contribution in [0.2, 0.25) is 0 Å². The second kappa shape index (κ2) is 7.80. The molecule has 0 aliphatic carbocycles. The van der Waals surface area contributed by atoms with Crippen molar-refractivity contribution in [3.05, 3.63) is 17.6 Å². The second-order valence-electron chi connectivity index (χ2n) is 6.20. The fraction of sp³-hybridized carbons (Fsp3) is 0.733. The van der Waals surface area contributed by atoms with Crippen LogP contribution in [-0.4, -0.2) is 21.8 Å². The lowest BCUT2D eigenvalue weighted by atomic mass is 9.96. The highest BCUT2D eigenvalue weighted by molar-refractivity contribution is 8.55. The molecule has 5 nitrogen and oxygen atoms in total. The van der Waals surface area contributed by atoms with Gasteiger partial charge in [-0.2, -0.15) is 4.98 Å². The van der Waals surface area contributed by atoms with E-state index in [0.29, 0.717) is 18.3 Å². The van der Waals surface area contributed by atoms with Gasteiger partial charge in [0.2, 0.25) is 5.88 Å². The quantitative estimate of drug-likeness (QED) is 0.637. The van der Waals surface area contributed by atoms with Crippen LogP contribution in [0.15, 0.2) is 6.07 Å². The Labute approximate surface area is 137 Å². The van der Waals surface area contributed by atoms with Crippen LogP contribution in [0.1, 0.15) is 59.5 Å². The number of aryl methyl sites for hydroxylation is 1. The van der Waals surface area contributed by atoms with E-state index >= 15 is 0 Å². The van der Waals surface area contributed by atoms with Crippen molar-refractivity contribution in [3.63, 3.8) is 0 Å². The van der Waals surface area contributed by atoms with E-state index in [-0.39, 0.29) is 10.7 Å². The van der Waals surface area contributed by atoms with E-state index in [1.54, 1.807) is 13.0 Å². The van der Waals surface area contributed by atoms with Crippen LogP contribution in [0.25, 0.3) is 0 Å². The predicted molar refractivity (Wildman–Crippen MR) is 92.7 cm³/mol. The summed E-state index contributed by atoms with van der Waals surface area (Å²) in [5.74, 6) is 0.976. The molecule has 0 amide bonds. The van der Waals surface area contributed by atoms with Crippen molar-refractivity contribution in [1.29, 1.82) is 0 Å². The van der Waals surface area contributed by atoms with Gasteiger partial charge < -0.3 is 4.52 Å². The zero-order chi connectivity index (χ0) is 17.0. The van der Waals surface area contributed by atoms with Gasteiger partial charge in [0, 0.05) is 22.4 Å². The summed E-state index contributed by atoms with van der Waals surface area (Å²) in [6.45, 7) is 10.9. The van der Waals surface area contributed by atoms with Crippen LogP contribution < -0.4 is 4.52 Å². The summed E-state index contributed by atoms with van der Waals surface area (Å²) < 4.78 is 24.0. The van der Waals surface area contributed by atoms with Gasteiger partial charge >= 0.3 is 6.80 Å². The number of nitrogens with zero attached hydrogens (tertiary/aromatic N) is 2. The van der Waals surface area contributed by atoms with Gasteiger partial charge in [0.1, 0.15) is 5.82 Å². The van der Waals surface area contributed by atoms with Crippen molar-refractivity contribution in [3.8, 4) is 5.88 Å². The van der Waals surface area contributed by atoms with Gasteiger partial charge in [-0.15, -0.1) is 0 Å². The molecule has 1 aromatic rings. The van der Waals surface area contributed by atoms with Crippen molar-refractivity contribution < 1.29 is 13.6 Å². The Morgan fingerprint density at radius 2 is 1.95 bits per heavy atom. The van der Waals surface area contributed by atoms with Gasteiger partial charge in [0.05, 0.1) is 6.61 Å². The Balaban J connectivity index is 3.08. The van der Waals surface area contributed by atoms with E-state index < -0.39 is 6.80 Å². The van der Waals surface area contributed by atoms with Gasteiger partial charge in [-0.3, -0.25) is 4.52 Å². The third kappa shape index (κ3) is 5.90. The van der Waals surface area contributed by atoms with Gasteiger partial charge in [-0.05, 0) is 31.7 Å². The number of hydrogen-bond donors (Lipinski definition) is 0. The monoisotopic (exact) mass is 346 g/mol. The highest BCUT2D eigenvalue weighted by Gasteiger charge is 2.31. The summed E-state index contributed by atoms with van der Waals surface area (Å²) in [6, 6.07) is 1.69. The van der Waals surface area contributed by atoms with E-state index in [9.17, 15) is 4.57 Å². The van der Waals surface area contributed by atoms with Crippen molar-refractivity contribution in [2.45, 2.75) is 65.6 Å². The third-order valence-electron chi connectivity index (χ3n) is 2.88. The first-order valence-corrected chi connectivity index (χ1v) is 10.6. The molecule has 0 bridgehead atoms. The fourth-order valence-electron chi connectivity index (χ4n) is 1.57. The smallest absolute Gasteiger partial charge is 0.398 e. The first-order valence-electron chi connectivity index (χ1n) is 7.58. The molecule has 0 saturated heterocycles. The average molecular weight is 346 g/mol. The predicted octanol–water partition coefficient (Wildman–Crippen LogP) is 5.14. The molecule has 0 spiro atoms. The third-order valence-corrected chi connectivity index (χ3v) is 7.21. The maximum Gasteiger partial charge on any atom is 0.441 e. The van der Waals surface area contributed by atoms with Crippen LogP contribution >= 0.6 is 18.2 Å². The van der Waals surface area contributed by atoms with E-state index in [1.807, 2.05) is 41.5 Å². The lowest BCUT2D eigenvalue weighted by Gasteiger charge is -2.22. The molecule has 0 aromatic carbocycles. The van der Waals surface area contributed by atoms with E-state index in [0.717, 1.165) is 12.1 Å².